The number of benzene rings is 1. The lowest BCUT2D eigenvalue weighted by Crippen LogP contribution is -2.14. The molecule has 0 aliphatic rings. The average Bonchev–Trinajstić information content (AvgIpc) is 3.00. The van der Waals surface area contributed by atoms with Gasteiger partial charge in [0.2, 0.25) is 0 Å². The molecule has 2 aromatic heterocycles. The topological polar surface area (TPSA) is 35.3 Å². The Morgan fingerprint density at radius 2 is 1.88 bits per heavy atom. The second-order valence-electron chi connectivity index (χ2n) is 7.41. The fourth-order valence-electron chi connectivity index (χ4n) is 2.86. The lowest BCUT2D eigenvalue weighted by atomic mass is 9.86. The first-order chi connectivity index (χ1) is 11.3. The molecule has 0 saturated heterocycles. The third-order valence-electron chi connectivity index (χ3n) is 4.09. The van der Waals surface area contributed by atoms with Gasteiger partial charge < -0.3 is 8.84 Å². The molecule has 0 unspecified atom stereocenters. The molecule has 0 N–H and O–H groups in total. The smallest absolute Gasteiger partial charge is 0.274 e. The van der Waals surface area contributed by atoms with Crippen LogP contribution in [0.3, 0.4) is 0 Å². The summed E-state index contributed by atoms with van der Waals surface area (Å²) in [4.78, 5) is 4.83. The van der Waals surface area contributed by atoms with Gasteiger partial charge in [-0.3, -0.25) is 0 Å². The number of furan rings is 1. The van der Waals surface area contributed by atoms with E-state index < -0.39 is 9.04 Å². The van der Waals surface area contributed by atoms with Gasteiger partial charge in [0.25, 0.3) is 9.04 Å². The average molecular weight is 339 g/mol. The molecule has 0 saturated carbocycles. The van der Waals surface area contributed by atoms with Crippen molar-refractivity contribution in [2.75, 3.05) is 0 Å². The molecule has 125 valence electrons. The van der Waals surface area contributed by atoms with E-state index in [1.54, 1.807) is 12.5 Å². The molecule has 3 aromatic rings. The highest BCUT2D eigenvalue weighted by atomic mass is 28.3. The summed E-state index contributed by atoms with van der Waals surface area (Å²) < 4.78 is 11.5. The normalized spacial score (nSPS) is 12.1. The molecular formula is C20H24NO2Si. The maximum absolute atomic E-state index is 6.20. The van der Waals surface area contributed by atoms with Crippen molar-refractivity contribution in [3.63, 3.8) is 0 Å². The summed E-state index contributed by atoms with van der Waals surface area (Å²) in [5.41, 5.74) is 5.42. The van der Waals surface area contributed by atoms with Crippen LogP contribution in [-0.2, 0) is 5.41 Å². The summed E-state index contributed by atoms with van der Waals surface area (Å²) in [5.74, 6) is 0.881. The fraction of sp³-hybridized carbons (Fsp3) is 0.350. The number of hydrogen-bond acceptors (Lipinski definition) is 3. The van der Waals surface area contributed by atoms with Gasteiger partial charge in [-0.15, -0.1) is 0 Å². The van der Waals surface area contributed by atoms with Crippen LogP contribution < -0.4 is 4.43 Å². The van der Waals surface area contributed by atoms with Crippen molar-refractivity contribution < 1.29 is 8.84 Å². The Bertz CT molecular complexity index is 861. The van der Waals surface area contributed by atoms with Crippen LogP contribution in [0.1, 0.15) is 32.0 Å². The zero-order valence-corrected chi connectivity index (χ0v) is 16.2. The lowest BCUT2D eigenvalue weighted by Gasteiger charge is -2.21. The zero-order chi connectivity index (χ0) is 17.5. The summed E-state index contributed by atoms with van der Waals surface area (Å²) in [6.07, 6.45) is 3.48. The molecule has 4 heteroatoms. The molecule has 1 radical (unpaired) electrons. The van der Waals surface area contributed by atoms with Crippen molar-refractivity contribution in [3.8, 4) is 16.9 Å². The van der Waals surface area contributed by atoms with E-state index in [-0.39, 0.29) is 5.41 Å². The molecule has 2 heterocycles. The Labute approximate surface area is 145 Å². The van der Waals surface area contributed by atoms with Crippen LogP contribution >= 0.6 is 0 Å². The zero-order valence-electron chi connectivity index (χ0n) is 15.2. The molecular weight excluding hydrogens is 314 g/mol. The Balaban J connectivity index is 2.32. The van der Waals surface area contributed by atoms with Crippen LogP contribution in [0.25, 0.3) is 22.0 Å². The van der Waals surface area contributed by atoms with Crippen molar-refractivity contribution >= 4 is 19.9 Å². The van der Waals surface area contributed by atoms with E-state index >= 15 is 0 Å². The van der Waals surface area contributed by atoms with Crippen molar-refractivity contribution in [2.24, 2.45) is 0 Å². The van der Waals surface area contributed by atoms with Crippen molar-refractivity contribution in [2.45, 2.75) is 46.2 Å². The highest BCUT2D eigenvalue weighted by Crippen LogP contribution is 2.40. The highest BCUT2D eigenvalue weighted by Gasteiger charge is 2.20. The third-order valence-corrected chi connectivity index (χ3v) is 4.71. The summed E-state index contributed by atoms with van der Waals surface area (Å²) in [7, 11) is -0.891. The molecule has 0 spiro atoms. The summed E-state index contributed by atoms with van der Waals surface area (Å²) in [5, 5.41) is 1.10. The molecule has 0 fully saturated rings. The molecule has 0 bridgehead atoms. The Hall–Kier alpha value is -2.07. The standard InChI is InChI=1S/C20H24NO2Si/c1-13-19(23-24(5)6)18(14-9-10-22-12-14)16-8-7-15(20(2,3)4)11-17(16)21-13/h7-12H,1-6H3. The molecule has 24 heavy (non-hydrogen) atoms. The van der Waals surface area contributed by atoms with E-state index in [0.717, 1.165) is 33.5 Å². The van der Waals surface area contributed by atoms with Gasteiger partial charge in [0.1, 0.15) is 5.75 Å². The number of aromatic nitrogens is 1. The van der Waals surface area contributed by atoms with Crippen LogP contribution in [0.4, 0.5) is 0 Å². The third kappa shape index (κ3) is 3.11. The first-order valence-corrected chi connectivity index (χ1v) is 10.6. The van der Waals surface area contributed by atoms with Crippen LogP contribution in [0.15, 0.2) is 41.2 Å². The number of fused-ring (bicyclic) bond motifs is 1. The molecule has 3 nitrogen and oxygen atoms in total. The highest BCUT2D eigenvalue weighted by molar-refractivity contribution is 6.49. The predicted octanol–water partition coefficient (Wildman–Crippen LogP) is 5.73. The van der Waals surface area contributed by atoms with Gasteiger partial charge in [-0.05, 0) is 43.1 Å². The lowest BCUT2D eigenvalue weighted by molar-refractivity contribution is 0.565. The number of pyridine rings is 1. The van der Waals surface area contributed by atoms with E-state index in [2.05, 4.69) is 52.1 Å². The van der Waals surface area contributed by atoms with Gasteiger partial charge in [-0.2, -0.15) is 0 Å². The number of hydrogen-bond donors (Lipinski definition) is 0. The minimum absolute atomic E-state index is 0.0950. The quantitative estimate of drug-likeness (QED) is 0.572. The van der Waals surface area contributed by atoms with E-state index in [1.807, 2.05) is 13.0 Å². The minimum atomic E-state index is -0.891. The largest absolute Gasteiger partial charge is 0.541 e. The molecule has 0 aliphatic heterocycles. The van der Waals surface area contributed by atoms with Gasteiger partial charge in [0.15, 0.2) is 0 Å². The SMILES string of the molecule is Cc1nc2cc(C(C)(C)C)ccc2c(-c2ccoc2)c1O[Si](C)C. The number of nitrogens with zero attached hydrogens (tertiary/aromatic N) is 1. The molecule has 1 aromatic carbocycles. The Morgan fingerprint density at radius 1 is 1.12 bits per heavy atom. The van der Waals surface area contributed by atoms with Crippen LogP contribution in [0, 0.1) is 6.92 Å². The van der Waals surface area contributed by atoms with Gasteiger partial charge in [-0.1, -0.05) is 32.9 Å². The predicted molar refractivity (Wildman–Crippen MR) is 101 cm³/mol. The monoisotopic (exact) mass is 338 g/mol. The summed E-state index contributed by atoms with van der Waals surface area (Å²) in [6.45, 7) is 13.0. The Morgan fingerprint density at radius 3 is 2.46 bits per heavy atom. The Kier molecular flexibility index (Phi) is 4.26. The first-order valence-electron chi connectivity index (χ1n) is 8.23. The van der Waals surface area contributed by atoms with E-state index in [1.165, 1.54) is 5.56 Å². The van der Waals surface area contributed by atoms with E-state index in [4.69, 9.17) is 13.8 Å². The van der Waals surface area contributed by atoms with Gasteiger partial charge in [0.05, 0.1) is 23.7 Å². The second-order valence-corrected chi connectivity index (χ2v) is 9.43. The van der Waals surface area contributed by atoms with Crippen LogP contribution in [0.5, 0.6) is 5.75 Å². The summed E-state index contributed by atoms with van der Waals surface area (Å²) in [6, 6.07) is 8.53. The molecule has 0 atom stereocenters. The van der Waals surface area contributed by atoms with E-state index in [9.17, 15) is 0 Å². The molecule has 0 amide bonds. The van der Waals surface area contributed by atoms with Gasteiger partial charge in [-0.25, -0.2) is 4.98 Å². The van der Waals surface area contributed by atoms with Crippen molar-refractivity contribution in [1.82, 2.24) is 4.98 Å². The van der Waals surface area contributed by atoms with Gasteiger partial charge >= 0.3 is 0 Å². The number of aryl methyl sites for hydroxylation is 1. The minimum Gasteiger partial charge on any atom is -0.541 e. The second kappa shape index (κ2) is 6.09. The van der Waals surface area contributed by atoms with Crippen molar-refractivity contribution in [1.29, 1.82) is 0 Å². The van der Waals surface area contributed by atoms with Crippen LogP contribution in [-0.4, -0.2) is 14.0 Å². The maximum Gasteiger partial charge on any atom is 0.274 e. The molecule has 3 rings (SSSR count). The first kappa shape index (κ1) is 16.8. The summed E-state index contributed by atoms with van der Waals surface area (Å²) >= 11 is 0. The van der Waals surface area contributed by atoms with Crippen LogP contribution in [0.2, 0.25) is 13.1 Å². The number of rotatable bonds is 3. The fourth-order valence-corrected chi connectivity index (χ4v) is 3.52. The molecule has 0 aliphatic carbocycles. The van der Waals surface area contributed by atoms with Gasteiger partial charge in [0, 0.05) is 16.5 Å². The van der Waals surface area contributed by atoms with E-state index in [0.29, 0.717) is 0 Å². The maximum atomic E-state index is 6.20. The van der Waals surface area contributed by atoms with Crippen molar-refractivity contribution in [3.05, 3.63) is 48.0 Å².